The van der Waals surface area contributed by atoms with Crippen LogP contribution in [-0.4, -0.2) is 20.0 Å². The Labute approximate surface area is 115 Å². The highest BCUT2D eigenvalue weighted by Crippen LogP contribution is 2.28. The number of nitriles is 1. The first-order valence-corrected chi connectivity index (χ1v) is 6.70. The Morgan fingerprint density at radius 3 is 3.00 bits per heavy atom. The normalized spacial score (nSPS) is 12.1. The topological polar surface area (TPSA) is 67.6 Å². The van der Waals surface area contributed by atoms with Gasteiger partial charge in [-0.25, -0.2) is 0 Å². The van der Waals surface area contributed by atoms with Crippen LogP contribution in [-0.2, 0) is 6.54 Å². The van der Waals surface area contributed by atoms with E-state index in [1.807, 2.05) is 24.5 Å². The maximum atomic E-state index is 8.89. The lowest BCUT2D eigenvalue weighted by atomic mass is 10.2. The molecule has 1 atom stereocenters. The molecule has 0 bridgehead atoms. The van der Waals surface area contributed by atoms with Gasteiger partial charge in [-0.2, -0.15) is 5.26 Å². The summed E-state index contributed by atoms with van der Waals surface area (Å²) in [7, 11) is 0. The smallest absolute Gasteiger partial charge is 0.193 e. The van der Waals surface area contributed by atoms with Crippen LogP contribution in [0.25, 0.3) is 11.4 Å². The van der Waals surface area contributed by atoms with Crippen LogP contribution in [0, 0.1) is 18.3 Å². The summed E-state index contributed by atoms with van der Waals surface area (Å²) in [4.78, 5) is 0. The van der Waals surface area contributed by atoms with E-state index in [9.17, 15) is 0 Å². The average molecular weight is 274 g/mol. The molecule has 98 valence electrons. The van der Waals surface area contributed by atoms with Gasteiger partial charge in [0.1, 0.15) is 5.76 Å². The number of allylic oxidation sites excluding steroid dienone is 1. The van der Waals surface area contributed by atoms with Crippen molar-refractivity contribution in [2.45, 2.75) is 30.8 Å². The molecule has 0 aliphatic rings. The fraction of sp³-hybridized carbons (Fsp3) is 0.308. The van der Waals surface area contributed by atoms with E-state index in [2.05, 4.69) is 22.8 Å². The summed E-state index contributed by atoms with van der Waals surface area (Å²) in [5.41, 5.74) is 0.908. The van der Waals surface area contributed by atoms with E-state index >= 15 is 0 Å². The molecule has 0 spiro atoms. The van der Waals surface area contributed by atoms with Crippen molar-refractivity contribution in [3.8, 4) is 17.5 Å². The minimum absolute atomic E-state index is 0.175. The molecule has 2 aromatic heterocycles. The van der Waals surface area contributed by atoms with Gasteiger partial charge < -0.3 is 4.42 Å². The van der Waals surface area contributed by atoms with E-state index in [1.54, 1.807) is 12.3 Å². The maximum absolute atomic E-state index is 8.89. The summed E-state index contributed by atoms with van der Waals surface area (Å²) in [5, 5.41) is 17.8. The highest BCUT2D eigenvalue weighted by molar-refractivity contribution is 8.00. The van der Waals surface area contributed by atoms with Gasteiger partial charge in [-0.1, -0.05) is 17.8 Å². The predicted octanol–water partition coefficient (Wildman–Crippen LogP) is 3.04. The first-order valence-electron chi connectivity index (χ1n) is 5.82. The van der Waals surface area contributed by atoms with E-state index in [0.717, 1.165) is 17.1 Å². The quantitative estimate of drug-likeness (QED) is 0.619. The Morgan fingerprint density at radius 2 is 2.42 bits per heavy atom. The van der Waals surface area contributed by atoms with Crippen molar-refractivity contribution < 1.29 is 4.42 Å². The van der Waals surface area contributed by atoms with Crippen LogP contribution in [0.3, 0.4) is 0 Å². The Kier molecular flexibility index (Phi) is 4.07. The molecule has 0 saturated heterocycles. The highest BCUT2D eigenvalue weighted by Gasteiger charge is 2.18. The first kappa shape index (κ1) is 13.4. The van der Waals surface area contributed by atoms with E-state index in [4.69, 9.17) is 9.68 Å². The zero-order valence-electron chi connectivity index (χ0n) is 10.8. The Morgan fingerprint density at radius 1 is 1.63 bits per heavy atom. The van der Waals surface area contributed by atoms with Gasteiger partial charge in [0, 0.05) is 6.54 Å². The van der Waals surface area contributed by atoms with E-state index < -0.39 is 0 Å². The van der Waals surface area contributed by atoms with Crippen LogP contribution in [0.2, 0.25) is 0 Å². The lowest BCUT2D eigenvalue weighted by Crippen LogP contribution is -2.02. The summed E-state index contributed by atoms with van der Waals surface area (Å²) < 4.78 is 7.23. The molecule has 0 N–H and O–H groups in total. The van der Waals surface area contributed by atoms with Gasteiger partial charge >= 0.3 is 0 Å². The Hall–Kier alpha value is -2.00. The third-order valence-corrected chi connectivity index (χ3v) is 3.56. The van der Waals surface area contributed by atoms with E-state index in [-0.39, 0.29) is 5.25 Å². The second-order valence-corrected chi connectivity index (χ2v) is 5.29. The van der Waals surface area contributed by atoms with E-state index in [0.29, 0.717) is 11.7 Å². The molecule has 19 heavy (non-hydrogen) atoms. The van der Waals surface area contributed by atoms with Crippen molar-refractivity contribution in [2.75, 3.05) is 0 Å². The summed E-state index contributed by atoms with van der Waals surface area (Å²) >= 11 is 1.38. The molecule has 0 aliphatic carbocycles. The summed E-state index contributed by atoms with van der Waals surface area (Å²) in [5.74, 6) is 1.53. The van der Waals surface area contributed by atoms with Gasteiger partial charge in [0.15, 0.2) is 11.0 Å². The second-order valence-electron chi connectivity index (χ2n) is 3.99. The van der Waals surface area contributed by atoms with Gasteiger partial charge in [0.2, 0.25) is 0 Å². The standard InChI is InChI=1S/C13H14N4OS/c1-4-6-17-12(11-5-7-18-10(11)3)15-16-13(17)19-9(2)8-14/h4-5,7,9H,1,6H2,2-3H3/t9-/m0/s1. The van der Waals surface area contributed by atoms with Crippen molar-refractivity contribution in [1.82, 2.24) is 14.8 Å². The monoisotopic (exact) mass is 274 g/mol. The van der Waals surface area contributed by atoms with Crippen molar-refractivity contribution >= 4 is 11.8 Å². The van der Waals surface area contributed by atoms with Crippen LogP contribution < -0.4 is 0 Å². The van der Waals surface area contributed by atoms with Crippen LogP contribution in [0.5, 0.6) is 0 Å². The highest BCUT2D eigenvalue weighted by atomic mass is 32.2. The Bertz CT molecular complexity index is 623. The molecule has 5 nitrogen and oxygen atoms in total. The molecule has 2 aromatic rings. The third kappa shape index (κ3) is 2.71. The van der Waals surface area contributed by atoms with E-state index in [1.165, 1.54) is 11.8 Å². The number of rotatable bonds is 5. The number of aromatic nitrogens is 3. The molecule has 0 unspecified atom stereocenters. The maximum Gasteiger partial charge on any atom is 0.193 e. The molecule has 0 aromatic carbocycles. The van der Waals surface area contributed by atoms with Gasteiger partial charge in [-0.15, -0.1) is 16.8 Å². The van der Waals surface area contributed by atoms with Crippen molar-refractivity contribution in [1.29, 1.82) is 5.26 Å². The number of aryl methyl sites for hydroxylation is 1. The van der Waals surface area contributed by atoms with Crippen LogP contribution in [0.4, 0.5) is 0 Å². The predicted molar refractivity (Wildman–Crippen MR) is 73.6 cm³/mol. The molecule has 0 fully saturated rings. The summed E-state index contributed by atoms with van der Waals surface area (Å²) in [6, 6.07) is 4.04. The van der Waals surface area contributed by atoms with Crippen molar-refractivity contribution in [3.63, 3.8) is 0 Å². The number of hydrogen-bond acceptors (Lipinski definition) is 5. The van der Waals surface area contributed by atoms with Crippen molar-refractivity contribution in [2.24, 2.45) is 0 Å². The number of thioether (sulfide) groups is 1. The van der Waals surface area contributed by atoms with Crippen LogP contribution in [0.15, 0.2) is 34.6 Å². The fourth-order valence-corrected chi connectivity index (χ4v) is 2.42. The number of hydrogen-bond donors (Lipinski definition) is 0. The lowest BCUT2D eigenvalue weighted by molar-refractivity contribution is 0.534. The molecule has 6 heteroatoms. The zero-order chi connectivity index (χ0) is 13.8. The van der Waals surface area contributed by atoms with Crippen LogP contribution >= 0.6 is 11.8 Å². The lowest BCUT2D eigenvalue weighted by Gasteiger charge is -2.07. The minimum atomic E-state index is -0.175. The summed E-state index contributed by atoms with van der Waals surface area (Å²) in [6.45, 7) is 8.05. The van der Waals surface area contributed by atoms with Gasteiger partial charge in [-0.3, -0.25) is 4.57 Å². The number of nitrogens with zero attached hydrogens (tertiary/aromatic N) is 4. The van der Waals surface area contributed by atoms with Gasteiger partial charge in [-0.05, 0) is 19.9 Å². The molecule has 0 aliphatic heterocycles. The molecule has 2 rings (SSSR count). The molecule has 0 saturated carbocycles. The SMILES string of the molecule is C=CCn1c(S[C@@H](C)C#N)nnc1-c1ccoc1C. The Balaban J connectivity index is 2.43. The second kappa shape index (κ2) is 5.76. The number of furan rings is 1. The van der Waals surface area contributed by atoms with Crippen LogP contribution in [0.1, 0.15) is 12.7 Å². The molecule has 2 heterocycles. The molecule has 0 radical (unpaired) electrons. The molecular weight excluding hydrogens is 260 g/mol. The third-order valence-electron chi connectivity index (χ3n) is 2.59. The zero-order valence-corrected chi connectivity index (χ0v) is 11.6. The van der Waals surface area contributed by atoms with Gasteiger partial charge in [0.25, 0.3) is 0 Å². The van der Waals surface area contributed by atoms with Crippen molar-refractivity contribution in [3.05, 3.63) is 30.7 Å². The largest absolute Gasteiger partial charge is 0.469 e. The molecular formula is C13H14N4OS. The summed E-state index contributed by atoms with van der Waals surface area (Å²) in [6.07, 6.45) is 3.41. The minimum Gasteiger partial charge on any atom is -0.469 e. The fourth-order valence-electron chi connectivity index (χ4n) is 1.67. The molecule has 0 amide bonds. The van der Waals surface area contributed by atoms with Gasteiger partial charge in [0.05, 0.1) is 23.1 Å². The first-order chi connectivity index (χ1) is 9.17. The average Bonchev–Trinajstić information content (AvgIpc) is 2.97.